The first-order valence-corrected chi connectivity index (χ1v) is 6.78. The minimum atomic E-state index is -0.602. The van der Waals surface area contributed by atoms with E-state index in [1.165, 1.54) is 12.1 Å². The third kappa shape index (κ3) is 3.09. The van der Waals surface area contributed by atoms with E-state index < -0.39 is 5.82 Å². The van der Waals surface area contributed by atoms with E-state index in [-0.39, 0.29) is 22.5 Å². The molecule has 106 valence electrons. The second-order valence-corrected chi connectivity index (χ2v) is 5.19. The Morgan fingerprint density at radius 1 is 1.40 bits per heavy atom. The van der Waals surface area contributed by atoms with Crippen LogP contribution in [0.15, 0.2) is 18.2 Å². The molecule has 1 heterocycles. The molecule has 0 bridgehead atoms. The van der Waals surface area contributed by atoms with Crippen LogP contribution >= 0.6 is 11.6 Å². The summed E-state index contributed by atoms with van der Waals surface area (Å²) in [5.41, 5.74) is 0.0381. The number of piperazine rings is 1. The van der Waals surface area contributed by atoms with E-state index >= 15 is 0 Å². The molecule has 6 heteroatoms. The third-order valence-electron chi connectivity index (χ3n) is 3.50. The lowest BCUT2D eigenvalue weighted by molar-refractivity contribution is 0.0611. The van der Waals surface area contributed by atoms with Gasteiger partial charge in [-0.15, -0.1) is 0 Å². The van der Waals surface area contributed by atoms with Gasteiger partial charge in [0.2, 0.25) is 0 Å². The van der Waals surface area contributed by atoms with Crippen molar-refractivity contribution in [2.45, 2.75) is 13.0 Å². The minimum Gasteiger partial charge on any atom is -0.336 e. The van der Waals surface area contributed by atoms with Crippen LogP contribution in [0.2, 0.25) is 5.02 Å². The molecule has 1 unspecified atom stereocenters. The molecule has 1 amide bonds. The Morgan fingerprint density at radius 3 is 2.60 bits per heavy atom. The normalized spacial score (nSPS) is 17.6. The largest absolute Gasteiger partial charge is 0.336 e. The molecule has 0 saturated carbocycles. The minimum absolute atomic E-state index is 0.0381. The van der Waals surface area contributed by atoms with Crippen molar-refractivity contribution in [2.24, 2.45) is 0 Å². The average molecular weight is 296 g/mol. The van der Waals surface area contributed by atoms with Crippen molar-refractivity contribution in [3.63, 3.8) is 0 Å². The number of amides is 1. The van der Waals surface area contributed by atoms with Gasteiger partial charge < -0.3 is 4.90 Å². The fraction of sp³-hybridized carbons (Fsp3) is 0.429. The highest BCUT2D eigenvalue weighted by atomic mass is 35.5. The summed E-state index contributed by atoms with van der Waals surface area (Å²) in [5, 5.41) is 9.14. The van der Waals surface area contributed by atoms with Crippen molar-refractivity contribution in [1.29, 1.82) is 5.26 Å². The molecule has 20 heavy (non-hydrogen) atoms. The van der Waals surface area contributed by atoms with Gasteiger partial charge in [0.15, 0.2) is 0 Å². The molecule has 1 aliphatic heterocycles. The van der Waals surface area contributed by atoms with E-state index in [2.05, 4.69) is 6.07 Å². The van der Waals surface area contributed by atoms with Crippen LogP contribution in [-0.4, -0.2) is 47.9 Å². The summed E-state index contributed by atoms with van der Waals surface area (Å²) in [4.78, 5) is 15.8. The summed E-state index contributed by atoms with van der Waals surface area (Å²) in [6, 6.07) is 6.06. The lowest BCUT2D eigenvalue weighted by atomic mass is 10.1. The Bertz CT molecular complexity index is 550. The standard InChI is InChI=1S/C14H15ClFN3O/c1-10(9-17)18-4-6-19(7-5-18)14(20)12-3-2-11(15)8-13(12)16/h2-3,8,10H,4-7H2,1H3. The van der Waals surface area contributed by atoms with Crippen LogP contribution in [0, 0.1) is 17.1 Å². The molecule has 0 N–H and O–H groups in total. The van der Waals surface area contributed by atoms with Crippen LogP contribution in [0.5, 0.6) is 0 Å². The van der Waals surface area contributed by atoms with E-state index in [1.807, 2.05) is 11.8 Å². The van der Waals surface area contributed by atoms with Gasteiger partial charge in [-0.3, -0.25) is 9.69 Å². The molecule has 0 aromatic heterocycles. The van der Waals surface area contributed by atoms with Crippen LogP contribution in [0.3, 0.4) is 0 Å². The zero-order valence-corrected chi connectivity index (χ0v) is 11.9. The van der Waals surface area contributed by atoms with Crippen molar-refractivity contribution >= 4 is 17.5 Å². The van der Waals surface area contributed by atoms with Crippen LogP contribution in [0.25, 0.3) is 0 Å². The summed E-state index contributed by atoms with van der Waals surface area (Å²) < 4.78 is 13.7. The molecule has 1 aromatic rings. The number of halogens is 2. The number of benzene rings is 1. The average Bonchev–Trinajstić information content (AvgIpc) is 2.46. The number of carbonyl (C=O) groups excluding carboxylic acids is 1. The van der Waals surface area contributed by atoms with E-state index in [1.54, 1.807) is 4.90 Å². The molecule has 1 aromatic carbocycles. The van der Waals surface area contributed by atoms with E-state index in [4.69, 9.17) is 16.9 Å². The number of rotatable bonds is 2. The molecular weight excluding hydrogens is 281 g/mol. The fourth-order valence-electron chi connectivity index (χ4n) is 2.23. The molecular formula is C14H15ClFN3O. The predicted molar refractivity (Wildman–Crippen MR) is 74.0 cm³/mol. The molecule has 4 nitrogen and oxygen atoms in total. The maximum atomic E-state index is 13.7. The Labute approximate surface area is 122 Å². The van der Waals surface area contributed by atoms with E-state index in [9.17, 15) is 9.18 Å². The van der Waals surface area contributed by atoms with Crippen LogP contribution in [0.4, 0.5) is 4.39 Å². The molecule has 1 fully saturated rings. The Balaban J connectivity index is 2.04. The van der Waals surface area contributed by atoms with Crippen molar-refractivity contribution < 1.29 is 9.18 Å². The first-order chi connectivity index (χ1) is 9.52. The van der Waals surface area contributed by atoms with Gasteiger partial charge in [-0.05, 0) is 25.1 Å². The van der Waals surface area contributed by atoms with Crippen molar-refractivity contribution in [3.05, 3.63) is 34.6 Å². The van der Waals surface area contributed by atoms with Crippen LogP contribution in [-0.2, 0) is 0 Å². The molecule has 2 rings (SSSR count). The Hall–Kier alpha value is -1.64. The summed E-state index contributed by atoms with van der Waals surface area (Å²) in [5.74, 6) is -0.932. The van der Waals surface area contributed by atoms with Gasteiger partial charge in [0, 0.05) is 31.2 Å². The number of nitrogens with zero attached hydrogens (tertiary/aromatic N) is 3. The van der Waals surface area contributed by atoms with E-state index in [0.717, 1.165) is 6.07 Å². The second kappa shape index (κ2) is 6.21. The SMILES string of the molecule is CC(C#N)N1CCN(C(=O)c2ccc(Cl)cc2F)CC1. The smallest absolute Gasteiger partial charge is 0.256 e. The first kappa shape index (κ1) is 14.8. The molecule has 0 aliphatic carbocycles. The molecule has 1 atom stereocenters. The monoisotopic (exact) mass is 295 g/mol. The van der Waals surface area contributed by atoms with Crippen molar-refractivity contribution in [3.8, 4) is 6.07 Å². The van der Waals surface area contributed by atoms with Gasteiger partial charge in [-0.2, -0.15) is 5.26 Å². The highest BCUT2D eigenvalue weighted by molar-refractivity contribution is 6.30. The van der Waals surface area contributed by atoms with Gasteiger partial charge in [0.1, 0.15) is 5.82 Å². The maximum absolute atomic E-state index is 13.7. The lowest BCUT2D eigenvalue weighted by Gasteiger charge is -2.35. The zero-order chi connectivity index (χ0) is 14.7. The van der Waals surface area contributed by atoms with E-state index in [0.29, 0.717) is 26.2 Å². The van der Waals surface area contributed by atoms with Gasteiger partial charge in [-0.1, -0.05) is 11.6 Å². The summed E-state index contributed by atoms with van der Waals surface area (Å²) >= 11 is 5.68. The van der Waals surface area contributed by atoms with Crippen LogP contribution in [0.1, 0.15) is 17.3 Å². The van der Waals surface area contributed by atoms with Crippen molar-refractivity contribution in [1.82, 2.24) is 9.80 Å². The van der Waals surface area contributed by atoms with Gasteiger partial charge >= 0.3 is 0 Å². The predicted octanol–water partition coefficient (Wildman–Crippen LogP) is 2.15. The first-order valence-electron chi connectivity index (χ1n) is 6.41. The van der Waals surface area contributed by atoms with Gasteiger partial charge in [0.25, 0.3) is 5.91 Å². The van der Waals surface area contributed by atoms with Gasteiger partial charge in [-0.25, -0.2) is 4.39 Å². The molecule has 1 aliphatic rings. The summed E-state index contributed by atoms with van der Waals surface area (Å²) in [7, 11) is 0. The highest BCUT2D eigenvalue weighted by Crippen LogP contribution is 2.17. The Kier molecular flexibility index (Phi) is 4.58. The third-order valence-corrected chi connectivity index (χ3v) is 3.73. The van der Waals surface area contributed by atoms with Gasteiger partial charge in [0.05, 0.1) is 17.7 Å². The fourth-order valence-corrected chi connectivity index (χ4v) is 2.39. The van der Waals surface area contributed by atoms with Crippen LogP contribution < -0.4 is 0 Å². The number of hydrogen-bond acceptors (Lipinski definition) is 3. The quantitative estimate of drug-likeness (QED) is 0.840. The Morgan fingerprint density at radius 2 is 2.05 bits per heavy atom. The maximum Gasteiger partial charge on any atom is 0.256 e. The molecule has 1 saturated heterocycles. The topological polar surface area (TPSA) is 47.3 Å². The highest BCUT2D eigenvalue weighted by Gasteiger charge is 2.26. The summed E-state index contributed by atoms with van der Waals surface area (Å²) in [6.45, 7) is 4.06. The summed E-state index contributed by atoms with van der Waals surface area (Å²) in [6.07, 6.45) is 0. The second-order valence-electron chi connectivity index (χ2n) is 4.76. The number of nitriles is 1. The molecule has 0 radical (unpaired) electrons. The zero-order valence-electron chi connectivity index (χ0n) is 11.1. The molecule has 0 spiro atoms. The number of hydrogen-bond donors (Lipinski definition) is 0. The lowest BCUT2D eigenvalue weighted by Crippen LogP contribution is -2.51. The van der Waals surface area contributed by atoms with Crippen molar-refractivity contribution in [2.75, 3.05) is 26.2 Å². The number of carbonyl (C=O) groups is 1.